The number of nitrogens with one attached hydrogen (secondary N) is 1. The molecule has 0 bridgehead atoms. The first-order valence-electron chi connectivity index (χ1n) is 6.30. The van der Waals surface area contributed by atoms with Crippen molar-refractivity contribution < 1.29 is 4.79 Å². The van der Waals surface area contributed by atoms with Crippen LogP contribution in [0.5, 0.6) is 0 Å². The van der Waals surface area contributed by atoms with E-state index in [9.17, 15) is 4.79 Å². The van der Waals surface area contributed by atoms with Gasteiger partial charge in [0, 0.05) is 5.56 Å². The number of hydrogen-bond donors (Lipinski definition) is 1. The van der Waals surface area contributed by atoms with Crippen LogP contribution in [0.25, 0.3) is 0 Å². The Morgan fingerprint density at radius 3 is 2.12 bits per heavy atom. The summed E-state index contributed by atoms with van der Waals surface area (Å²) in [4.78, 5) is 12.2. The van der Waals surface area contributed by atoms with Gasteiger partial charge in [-0.1, -0.05) is 13.0 Å². The van der Waals surface area contributed by atoms with Crippen molar-refractivity contribution in [2.45, 2.75) is 41.0 Å². The van der Waals surface area contributed by atoms with Crippen LogP contribution in [0.2, 0.25) is 0 Å². The SMILES string of the molecule is CCCNCC(=O)c1c(C)c(C)cc(C)c1C. The number of hydrogen-bond acceptors (Lipinski definition) is 2. The van der Waals surface area contributed by atoms with Gasteiger partial charge in [0.1, 0.15) is 0 Å². The second-order valence-electron chi connectivity index (χ2n) is 4.74. The Kier molecular flexibility index (Phi) is 4.88. The molecule has 1 rings (SSSR count). The van der Waals surface area contributed by atoms with Crippen LogP contribution in [0.1, 0.15) is 46.0 Å². The average Bonchev–Trinajstić information content (AvgIpc) is 2.27. The van der Waals surface area contributed by atoms with Gasteiger partial charge >= 0.3 is 0 Å². The quantitative estimate of drug-likeness (QED) is 0.625. The van der Waals surface area contributed by atoms with Crippen molar-refractivity contribution in [1.29, 1.82) is 0 Å². The molecular formula is C15H23NO. The van der Waals surface area contributed by atoms with E-state index in [0.29, 0.717) is 6.54 Å². The van der Waals surface area contributed by atoms with E-state index in [2.05, 4.69) is 32.2 Å². The van der Waals surface area contributed by atoms with Gasteiger partial charge < -0.3 is 5.32 Å². The number of Topliss-reactive ketones (excluding diaryl/α,β-unsaturated/α-hetero) is 1. The predicted octanol–water partition coefficient (Wildman–Crippen LogP) is 3.10. The molecule has 0 amide bonds. The van der Waals surface area contributed by atoms with Crippen LogP contribution >= 0.6 is 0 Å². The lowest BCUT2D eigenvalue weighted by Gasteiger charge is -2.14. The fraction of sp³-hybridized carbons (Fsp3) is 0.533. The molecule has 0 saturated carbocycles. The first-order chi connectivity index (χ1) is 7.99. The van der Waals surface area contributed by atoms with Gasteiger partial charge in [-0.3, -0.25) is 4.79 Å². The Morgan fingerprint density at radius 2 is 1.65 bits per heavy atom. The maximum atomic E-state index is 12.2. The predicted molar refractivity (Wildman–Crippen MR) is 72.9 cm³/mol. The highest BCUT2D eigenvalue weighted by Gasteiger charge is 2.14. The van der Waals surface area contributed by atoms with Crippen LogP contribution in [-0.2, 0) is 0 Å². The molecule has 2 nitrogen and oxygen atoms in total. The summed E-state index contributed by atoms with van der Waals surface area (Å²) in [6, 6.07) is 2.15. The van der Waals surface area contributed by atoms with Crippen LogP contribution in [0.15, 0.2) is 6.07 Å². The molecule has 0 heterocycles. The number of benzene rings is 1. The Hall–Kier alpha value is -1.15. The Bertz CT molecular complexity index is 395. The molecule has 1 aromatic rings. The van der Waals surface area contributed by atoms with E-state index in [1.807, 2.05) is 13.8 Å². The summed E-state index contributed by atoms with van der Waals surface area (Å²) < 4.78 is 0. The molecule has 0 aliphatic carbocycles. The van der Waals surface area contributed by atoms with Crippen LogP contribution in [0.3, 0.4) is 0 Å². The molecule has 2 heteroatoms. The van der Waals surface area contributed by atoms with Crippen molar-refractivity contribution in [2.75, 3.05) is 13.1 Å². The minimum Gasteiger partial charge on any atom is -0.310 e. The van der Waals surface area contributed by atoms with Gasteiger partial charge in [0.05, 0.1) is 6.54 Å². The van der Waals surface area contributed by atoms with Gasteiger partial charge in [-0.15, -0.1) is 0 Å². The van der Waals surface area contributed by atoms with E-state index in [1.165, 1.54) is 11.1 Å². The second kappa shape index (κ2) is 5.97. The van der Waals surface area contributed by atoms with Gasteiger partial charge in [0.25, 0.3) is 0 Å². The van der Waals surface area contributed by atoms with Crippen LogP contribution in [0.4, 0.5) is 0 Å². The molecule has 1 aromatic carbocycles. The molecule has 0 aliphatic rings. The van der Waals surface area contributed by atoms with Gasteiger partial charge in [-0.05, 0) is 62.9 Å². The van der Waals surface area contributed by atoms with E-state index in [4.69, 9.17) is 0 Å². The number of rotatable bonds is 5. The maximum Gasteiger partial charge on any atom is 0.177 e. The smallest absolute Gasteiger partial charge is 0.177 e. The van der Waals surface area contributed by atoms with E-state index in [0.717, 1.165) is 29.7 Å². The monoisotopic (exact) mass is 233 g/mol. The molecule has 0 fully saturated rings. The molecule has 0 radical (unpaired) electrons. The van der Waals surface area contributed by atoms with Crippen molar-refractivity contribution >= 4 is 5.78 Å². The highest BCUT2D eigenvalue weighted by Crippen LogP contribution is 2.21. The van der Waals surface area contributed by atoms with Crippen molar-refractivity contribution in [3.05, 3.63) is 33.9 Å². The summed E-state index contributed by atoms with van der Waals surface area (Å²) in [6.45, 7) is 11.7. The Morgan fingerprint density at radius 1 is 1.12 bits per heavy atom. The third-order valence-corrected chi connectivity index (χ3v) is 3.36. The molecule has 0 unspecified atom stereocenters. The summed E-state index contributed by atoms with van der Waals surface area (Å²) in [6.07, 6.45) is 1.05. The van der Waals surface area contributed by atoms with Crippen LogP contribution in [-0.4, -0.2) is 18.9 Å². The zero-order valence-electron chi connectivity index (χ0n) is 11.6. The summed E-state index contributed by atoms with van der Waals surface area (Å²) in [5, 5.41) is 3.18. The molecule has 94 valence electrons. The first kappa shape index (κ1) is 13.9. The van der Waals surface area contributed by atoms with Gasteiger partial charge in [-0.25, -0.2) is 0 Å². The second-order valence-corrected chi connectivity index (χ2v) is 4.74. The Labute approximate surface area is 104 Å². The molecule has 0 saturated heterocycles. The molecule has 1 N–H and O–H groups in total. The fourth-order valence-corrected chi connectivity index (χ4v) is 2.10. The summed E-state index contributed by atoms with van der Waals surface area (Å²) in [7, 11) is 0. The average molecular weight is 233 g/mol. The lowest BCUT2D eigenvalue weighted by atomic mass is 9.92. The minimum atomic E-state index is 0.209. The van der Waals surface area contributed by atoms with E-state index >= 15 is 0 Å². The topological polar surface area (TPSA) is 29.1 Å². The number of aryl methyl sites for hydroxylation is 2. The highest BCUT2D eigenvalue weighted by atomic mass is 16.1. The van der Waals surface area contributed by atoms with Gasteiger partial charge in [0.15, 0.2) is 5.78 Å². The van der Waals surface area contributed by atoms with Crippen molar-refractivity contribution in [3.8, 4) is 0 Å². The highest BCUT2D eigenvalue weighted by molar-refractivity contribution is 6.00. The normalized spacial score (nSPS) is 10.6. The summed E-state index contributed by atoms with van der Waals surface area (Å²) in [5.74, 6) is 0.209. The molecule has 0 spiro atoms. The molecule has 0 aliphatic heterocycles. The van der Waals surface area contributed by atoms with Crippen molar-refractivity contribution in [1.82, 2.24) is 5.32 Å². The lowest BCUT2D eigenvalue weighted by molar-refractivity contribution is 0.0990. The number of carbonyl (C=O) groups is 1. The third-order valence-electron chi connectivity index (χ3n) is 3.36. The number of ketones is 1. The first-order valence-corrected chi connectivity index (χ1v) is 6.30. The van der Waals surface area contributed by atoms with Crippen molar-refractivity contribution in [2.24, 2.45) is 0 Å². The van der Waals surface area contributed by atoms with Crippen molar-refractivity contribution in [3.63, 3.8) is 0 Å². The third kappa shape index (κ3) is 3.16. The van der Waals surface area contributed by atoms with Crippen LogP contribution in [0, 0.1) is 27.7 Å². The Balaban J connectivity index is 3.00. The largest absolute Gasteiger partial charge is 0.310 e. The zero-order chi connectivity index (χ0) is 13.0. The summed E-state index contributed by atoms with van der Waals surface area (Å²) >= 11 is 0. The van der Waals surface area contributed by atoms with E-state index < -0.39 is 0 Å². The zero-order valence-corrected chi connectivity index (χ0v) is 11.6. The standard InChI is InChI=1S/C15H23NO/c1-6-7-16-9-14(17)15-12(4)10(2)8-11(3)13(15)5/h8,16H,6-7,9H2,1-5H3. The molecule has 17 heavy (non-hydrogen) atoms. The molecular weight excluding hydrogens is 210 g/mol. The van der Waals surface area contributed by atoms with E-state index in [-0.39, 0.29) is 5.78 Å². The fourth-order valence-electron chi connectivity index (χ4n) is 2.10. The number of carbonyl (C=O) groups excluding carboxylic acids is 1. The van der Waals surface area contributed by atoms with Crippen LogP contribution < -0.4 is 5.32 Å². The molecule has 0 atom stereocenters. The van der Waals surface area contributed by atoms with Gasteiger partial charge in [0.2, 0.25) is 0 Å². The van der Waals surface area contributed by atoms with E-state index in [1.54, 1.807) is 0 Å². The lowest BCUT2D eigenvalue weighted by Crippen LogP contribution is -2.25. The minimum absolute atomic E-state index is 0.209. The maximum absolute atomic E-state index is 12.2. The molecule has 0 aromatic heterocycles. The van der Waals surface area contributed by atoms with Gasteiger partial charge in [-0.2, -0.15) is 0 Å². The summed E-state index contributed by atoms with van der Waals surface area (Å²) in [5.41, 5.74) is 5.55.